The highest BCUT2D eigenvalue weighted by molar-refractivity contribution is 5.76. The van der Waals surface area contributed by atoms with Gasteiger partial charge in [-0.05, 0) is 42.5 Å². The lowest BCUT2D eigenvalue weighted by molar-refractivity contribution is -0.122. The molecule has 0 aromatic heterocycles. The van der Waals surface area contributed by atoms with Crippen molar-refractivity contribution >= 4 is 5.91 Å². The van der Waals surface area contributed by atoms with Crippen molar-refractivity contribution in [1.82, 2.24) is 0 Å². The van der Waals surface area contributed by atoms with Crippen molar-refractivity contribution in [3.63, 3.8) is 0 Å². The van der Waals surface area contributed by atoms with Crippen molar-refractivity contribution in [1.29, 1.82) is 0 Å². The third-order valence-electron chi connectivity index (χ3n) is 3.46. The number of hydrogen-bond acceptors (Lipinski definition) is 3. The fourth-order valence-corrected chi connectivity index (χ4v) is 2.22. The second-order valence-electron chi connectivity index (χ2n) is 4.97. The van der Waals surface area contributed by atoms with Crippen molar-refractivity contribution in [2.45, 2.75) is 32.2 Å². The van der Waals surface area contributed by atoms with Gasteiger partial charge < -0.3 is 16.2 Å². The molecule has 1 aliphatic rings. The summed E-state index contributed by atoms with van der Waals surface area (Å²) >= 11 is 0. The van der Waals surface area contributed by atoms with Gasteiger partial charge in [0.25, 0.3) is 0 Å². The van der Waals surface area contributed by atoms with E-state index in [1.807, 2.05) is 18.2 Å². The zero-order valence-electron chi connectivity index (χ0n) is 10.7. The number of aryl methyl sites for hydroxylation is 1. The topological polar surface area (TPSA) is 78.3 Å². The average molecular weight is 248 g/mol. The molecule has 4 N–H and O–H groups in total. The number of amides is 1. The number of benzene rings is 1. The van der Waals surface area contributed by atoms with Gasteiger partial charge in [-0.3, -0.25) is 4.79 Å². The Labute approximate surface area is 107 Å². The molecule has 0 spiro atoms. The predicted octanol–water partition coefficient (Wildman–Crippen LogP) is 1.52. The summed E-state index contributed by atoms with van der Waals surface area (Å²) < 4.78 is 5.59. The Kier molecular flexibility index (Phi) is 3.87. The molecule has 1 amide bonds. The van der Waals surface area contributed by atoms with E-state index in [-0.39, 0.29) is 17.9 Å². The van der Waals surface area contributed by atoms with Gasteiger partial charge in [-0.2, -0.15) is 0 Å². The summed E-state index contributed by atoms with van der Waals surface area (Å²) in [5.74, 6) is 0.175. The van der Waals surface area contributed by atoms with Crippen LogP contribution in [0, 0.1) is 5.92 Å². The molecule has 18 heavy (non-hydrogen) atoms. The Morgan fingerprint density at radius 2 is 2.33 bits per heavy atom. The maximum absolute atomic E-state index is 10.9. The van der Waals surface area contributed by atoms with Crippen molar-refractivity contribution in [3.05, 3.63) is 29.3 Å². The van der Waals surface area contributed by atoms with Gasteiger partial charge in [0.2, 0.25) is 5.91 Å². The molecule has 98 valence electrons. The van der Waals surface area contributed by atoms with Gasteiger partial charge in [-0.1, -0.05) is 13.0 Å². The van der Waals surface area contributed by atoms with Crippen LogP contribution in [-0.2, 0) is 11.2 Å². The first-order valence-corrected chi connectivity index (χ1v) is 6.38. The van der Waals surface area contributed by atoms with Crippen LogP contribution in [0.3, 0.4) is 0 Å². The van der Waals surface area contributed by atoms with Crippen LogP contribution in [0.2, 0.25) is 0 Å². The van der Waals surface area contributed by atoms with Crippen LogP contribution in [0.1, 0.15) is 36.9 Å². The van der Waals surface area contributed by atoms with Crippen LogP contribution >= 0.6 is 0 Å². The van der Waals surface area contributed by atoms with Gasteiger partial charge in [0, 0.05) is 6.04 Å². The maximum Gasteiger partial charge on any atom is 0.223 e. The van der Waals surface area contributed by atoms with Gasteiger partial charge in [0.05, 0.1) is 12.5 Å². The third-order valence-corrected chi connectivity index (χ3v) is 3.46. The van der Waals surface area contributed by atoms with Crippen LogP contribution < -0.4 is 16.2 Å². The molecule has 0 radical (unpaired) electrons. The zero-order valence-corrected chi connectivity index (χ0v) is 10.7. The van der Waals surface area contributed by atoms with Crippen LogP contribution in [0.4, 0.5) is 0 Å². The SMILES string of the molecule is CC(COc1ccc2c(c1)CCCC2N)C(N)=O. The first-order valence-electron chi connectivity index (χ1n) is 6.38. The lowest BCUT2D eigenvalue weighted by atomic mass is 9.88. The highest BCUT2D eigenvalue weighted by atomic mass is 16.5. The van der Waals surface area contributed by atoms with Gasteiger partial charge in [0.1, 0.15) is 5.75 Å². The number of rotatable bonds is 4. The molecule has 2 unspecified atom stereocenters. The van der Waals surface area contributed by atoms with E-state index in [4.69, 9.17) is 16.2 Å². The molecule has 0 fully saturated rings. The largest absolute Gasteiger partial charge is 0.493 e. The molecule has 1 aliphatic carbocycles. The van der Waals surface area contributed by atoms with E-state index >= 15 is 0 Å². The minimum atomic E-state index is -0.338. The maximum atomic E-state index is 10.9. The Hall–Kier alpha value is -1.55. The summed E-state index contributed by atoms with van der Waals surface area (Å²) in [6, 6.07) is 6.12. The highest BCUT2D eigenvalue weighted by Crippen LogP contribution is 2.30. The number of ether oxygens (including phenoxy) is 1. The van der Waals surface area contributed by atoms with E-state index in [1.54, 1.807) is 6.92 Å². The second-order valence-corrected chi connectivity index (χ2v) is 4.97. The molecule has 0 heterocycles. The normalized spacial score (nSPS) is 20.0. The summed E-state index contributed by atoms with van der Waals surface area (Å²) in [5, 5.41) is 0. The second kappa shape index (κ2) is 5.40. The molecule has 2 rings (SSSR count). The fraction of sp³-hybridized carbons (Fsp3) is 0.500. The molecule has 2 atom stereocenters. The summed E-state index contributed by atoms with van der Waals surface area (Å²) in [4.78, 5) is 10.9. The van der Waals surface area contributed by atoms with Crippen molar-refractivity contribution in [2.24, 2.45) is 17.4 Å². The highest BCUT2D eigenvalue weighted by Gasteiger charge is 2.17. The molecular weight excluding hydrogens is 228 g/mol. The summed E-state index contributed by atoms with van der Waals surface area (Å²) in [6.45, 7) is 2.08. The summed E-state index contributed by atoms with van der Waals surface area (Å²) in [5.41, 5.74) is 13.7. The zero-order chi connectivity index (χ0) is 13.1. The van der Waals surface area contributed by atoms with Crippen molar-refractivity contribution in [3.8, 4) is 5.75 Å². The number of primary amides is 1. The molecule has 0 saturated carbocycles. The summed E-state index contributed by atoms with van der Waals surface area (Å²) in [6.07, 6.45) is 3.22. The Morgan fingerprint density at radius 3 is 3.06 bits per heavy atom. The van der Waals surface area contributed by atoms with Crippen LogP contribution in [0.25, 0.3) is 0 Å². The number of carbonyl (C=O) groups excluding carboxylic acids is 1. The molecular formula is C14H20N2O2. The molecule has 0 aliphatic heterocycles. The lowest BCUT2D eigenvalue weighted by Gasteiger charge is -2.22. The summed E-state index contributed by atoms with van der Waals surface area (Å²) in [7, 11) is 0. The number of nitrogens with two attached hydrogens (primary N) is 2. The van der Waals surface area contributed by atoms with Crippen molar-refractivity contribution in [2.75, 3.05) is 6.61 Å². The minimum Gasteiger partial charge on any atom is -0.493 e. The van der Waals surface area contributed by atoms with E-state index in [2.05, 4.69) is 0 Å². The Bertz CT molecular complexity index is 445. The van der Waals surface area contributed by atoms with Gasteiger partial charge in [-0.25, -0.2) is 0 Å². The van der Waals surface area contributed by atoms with E-state index in [0.29, 0.717) is 6.61 Å². The monoisotopic (exact) mass is 248 g/mol. The number of fused-ring (bicyclic) bond motifs is 1. The Balaban J connectivity index is 2.05. The predicted molar refractivity (Wildman–Crippen MR) is 70.2 cm³/mol. The molecule has 0 saturated heterocycles. The smallest absolute Gasteiger partial charge is 0.223 e. The Morgan fingerprint density at radius 1 is 1.56 bits per heavy atom. The van der Waals surface area contributed by atoms with Gasteiger partial charge in [0.15, 0.2) is 0 Å². The third kappa shape index (κ3) is 2.82. The minimum absolute atomic E-state index is 0.146. The van der Waals surface area contributed by atoms with Gasteiger partial charge >= 0.3 is 0 Å². The van der Waals surface area contributed by atoms with Crippen LogP contribution in [0.5, 0.6) is 5.75 Å². The van der Waals surface area contributed by atoms with Gasteiger partial charge in [-0.15, -0.1) is 0 Å². The molecule has 4 heteroatoms. The first-order chi connectivity index (χ1) is 8.58. The van der Waals surface area contributed by atoms with E-state index in [9.17, 15) is 4.79 Å². The van der Waals surface area contributed by atoms with Crippen LogP contribution in [-0.4, -0.2) is 12.5 Å². The molecule has 1 aromatic rings. The molecule has 1 aromatic carbocycles. The molecule has 4 nitrogen and oxygen atoms in total. The number of hydrogen-bond donors (Lipinski definition) is 2. The standard InChI is InChI=1S/C14H20N2O2/c1-9(14(16)17)8-18-11-5-6-12-10(7-11)3-2-4-13(12)15/h5-7,9,13H,2-4,8,15H2,1H3,(H2,16,17). The number of carbonyl (C=O) groups is 1. The molecule has 0 bridgehead atoms. The van der Waals surface area contributed by atoms with Crippen LogP contribution in [0.15, 0.2) is 18.2 Å². The quantitative estimate of drug-likeness (QED) is 0.848. The van der Waals surface area contributed by atoms with Crippen molar-refractivity contribution < 1.29 is 9.53 Å². The van der Waals surface area contributed by atoms with E-state index in [1.165, 1.54) is 11.1 Å². The van der Waals surface area contributed by atoms with E-state index < -0.39 is 0 Å². The van der Waals surface area contributed by atoms with E-state index in [0.717, 1.165) is 25.0 Å². The first kappa shape index (κ1) is 12.9. The lowest BCUT2D eigenvalue weighted by Crippen LogP contribution is -2.25. The average Bonchev–Trinajstić information content (AvgIpc) is 2.36. The fourth-order valence-electron chi connectivity index (χ4n) is 2.22.